The molecule has 1 aromatic carbocycles. The first-order valence-corrected chi connectivity index (χ1v) is 11.3. The maximum absolute atomic E-state index is 13.2. The van der Waals surface area contributed by atoms with E-state index in [9.17, 15) is 34.7 Å². The van der Waals surface area contributed by atoms with Gasteiger partial charge in [-0.1, -0.05) is 12.1 Å². The smallest absolute Gasteiger partial charge is 0.328 e. The third-order valence-corrected chi connectivity index (χ3v) is 6.05. The van der Waals surface area contributed by atoms with E-state index in [1.54, 1.807) is 29.3 Å². The molecule has 3 rings (SSSR count). The summed E-state index contributed by atoms with van der Waals surface area (Å²) in [5.74, 6) is -2.95. The summed E-state index contributed by atoms with van der Waals surface area (Å²) in [4.78, 5) is 47.2. The number of hydrazine groups is 1. The van der Waals surface area contributed by atoms with Gasteiger partial charge in [0.1, 0.15) is 17.2 Å². The molecule has 14 nitrogen and oxygen atoms in total. The monoisotopic (exact) mass is 571 g/mol. The minimum absolute atomic E-state index is 0. The van der Waals surface area contributed by atoms with Crippen molar-refractivity contribution in [2.75, 3.05) is 18.4 Å². The molecule has 0 unspecified atom stereocenters. The number of nitrogens with one attached hydrogen (secondary N) is 2. The van der Waals surface area contributed by atoms with Gasteiger partial charge in [-0.05, 0) is 56.2 Å². The number of hydrogen-bond donors (Lipinski definition) is 5. The number of nitrogens with two attached hydrogens (primary N) is 1. The fraction of sp³-hybridized carbons (Fsp3) is 0.524. The van der Waals surface area contributed by atoms with Gasteiger partial charge in [0.2, 0.25) is 0 Å². The number of aliphatic carboxylic acids is 2. The second-order valence-electron chi connectivity index (χ2n) is 8.47. The Kier molecular flexibility index (Phi) is 10.6. The summed E-state index contributed by atoms with van der Waals surface area (Å²) < 4.78 is 0. The summed E-state index contributed by atoms with van der Waals surface area (Å²) in [6, 6.07) is 3.96. The molecule has 6 N–H and O–H groups in total. The number of fused-ring (bicyclic) bond motifs is 1. The molecule has 1 amide bonds. The molecule has 2 fully saturated rings. The maximum Gasteiger partial charge on any atom is 0.328 e. The molecule has 198 valence electrons. The quantitative estimate of drug-likeness (QED) is 0.120. The van der Waals surface area contributed by atoms with Gasteiger partial charge in [0.25, 0.3) is 11.9 Å². The Balaban J connectivity index is 0.00000456. The molecule has 36 heavy (non-hydrogen) atoms. The summed E-state index contributed by atoms with van der Waals surface area (Å²) in [5, 5.41) is 40.3. The number of amides is 1. The van der Waals surface area contributed by atoms with E-state index in [1.807, 2.05) is 0 Å². The van der Waals surface area contributed by atoms with Crippen molar-refractivity contribution in [3.05, 3.63) is 39.9 Å². The molecule has 0 saturated carbocycles. The van der Waals surface area contributed by atoms with E-state index in [0.29, 0.717) is 50.9 Å². The van der Waals surface area contributed by atoms with E-state index >= 15 is 0 Å². The van der Waals surface area contributed by atoms with Crippen LogP contribution in [-0.2, 0) is 20.8 Å². The number of guanidine groups is 1. The standard InChI is InChI=1S/C21H29N7O7.BrH/c22-21(25-28(34)35)23-14-8-5-13(6-9-14)7-10-16(19(30)31)24-15-3-1-11-26-12-2-4-17(20(32)33)27(26)18(15)29;/h5-6,8-9,15-17,24H,1-4,7,10-12H2,(H,30,31)(H,32,33)(H3,22,23,25);1H/t15-,16-,17-;/m0./s1. The number of benzene rings is 1. The van der Waals surface area contributed by atoms with Gasteiger partial charge in [-0.15, -0.1) is 17.0 Å². The Morgan fingerprint density at radius 2 is 1.83 bits per heavy atom. The third kappa shape index (κ3) is 7.60. The zero-order valence-corrected chi connectivity index (χ0v) is 21.1. The second kappa shape index (κ2) is 13.1. The normalized spacial score (nSPS) is 21.5. The molecule has 0 aromatic heterocycles. The highest BCUT2D eigenvalue weighted by Gasteiger charge is 2.42. The number of carbonyl (C=O) groups excluding carboxylic acids is 1. The van der Waals surface area contributed by atoms with Crippen molar-refractivity contribution in [2.24, 2.45) is 10.8 Å². The molecular formula is C21H30BrN7O7. The van der Waals surface area contributed by atoms with E-state index < -0.39 is 41.0 Å². The minimum Gasteiger partial charge on any atom is -0.480 e. The lowest BCUT2D eigenvalue weighted by Gasteiger charge is -2.42. The van der Waals surface area contributed by atoms with Gasteiger partial charge in [-0.2, -0.15) is 0 Å². The van der Waals surface area contributed by atoms with Crippen molar-refractivity contribution in [1.29, 1.82) is 0 Å². The number of nitrogens with zero attached hydrogens (tertiary/aromatic N) is 4. The molecule has 0 bridgehead atoms. The molecule has 2 saturated heterocycles. The van der Waals surface area contributed by atoms with Gasteiger partial charge in [0, 0.05) is 18.8 Å². The van der Waals surface area contributed by atoms with Gasteiger partial charge in [-0.25, -0.2) is 19.9 Å². The fourth-order valence-electron chi connectivity index (χ4n) is 4.40. The fourth-order valence-corrected chi connectivity index (χ4v) is 4.40. The van der Waals surface area contributed by atoms with E-state index in [-0.39, 0.29) is 29.4 Å². The zero-order valence-electron chi connectivity index (χ0n) is 19.4. The Hall–Kier alpha value is -3.30. The average Bonchev–Trinajstić information content (AvgIpc) is 2.95. The molecule has 2 aliphatic rings. The average molecular weight is 572 g/mol. The highest BCUT2D eigenvalue weighted by molar-refractivity contribution is 8.93. The lowest BCUT2D eigenvalue weighted by atomic mass is 10.0. The number of hydrazone groups is 1. The number of anilines is 1. The van der Waals surface area contributed by atoms with Crippen LogP contribution in [0.4, 0.5) is 5.69 Å². The van der Waals surface area contributed by atoms with Crippen LogP contribution in [0, 0.1) is 10.1 Å². The highest BCUT2D eigenvalue weighted by atomic mass is 79.9. The Morgan fingerprint density at radius 1 is 1.19 bits per heavy atom. The number of aryl methyl sites for hydroxylation is 1. The number of rotatable bonds is 9. The first kappa shape index (κ1) is 28.9. The lowest BCUT2D eigenvalue weighted by Crippen LogP contribution is -2.61. The Bertz CT molecular complexity index is 991. The van der Waals surface area contributed by atoms with Crippen LogP contribution < -0.4 is 16.4 Å². The molecule has 0 radical (unpaired) electrons. The Morgan fingerprint density at radius 3 is 2.42 bits per heavy atom. The second-order valence-corrected chi connectivity index (χ2v) is 8.47. The first-order chi connectivity index (χ1) is 16.7. The number of carboxylic acids is 2. The van der Waals surface area contributed by atoms with Gasteiger partial charge in [-0.3, -0.25) is 19.9 Å². The minimum atomic E-state index is -1.10. The first-order valence-electron chi connectivity index (χ1n) is 11.3. The van der Waals surface area contributed by atoms with Crippen molar-refractivity contribution < 1.29 is 29.6 Å². The summed E-state index contributed by atoms with van der Waals surface area (Å²) in [6.45, 7) is 1.14. The predicted molar refractivity (Wildman–Crippen MR) is 134 cm³/mol. The topological polar surface area (TPSA) is 204 Å². The van der Waals surface area contributed by atoms with E-state index in [0.717, 1.165) is 5.56 Å². The maximum atomic E-state index is 13.2. The van der Waals surface area contributed by atoms with Crippen LogP contribution in [0.5, 0.6) is 0 Å². The van der Waals surface area contributed by atoms with Crippen LogP contribution in [0.1, 0.15) is 37.7 Å². The largest absolute Gasteiger partial charge is 0.480 e. The van der Waals surface area contributed by atoms with E-state index in [1.165, 1.54) is 5.01 Å². The van der Waals surface area contributed by atoms with Gasteiger partial charge < -0.3 is 21.3 Å². The van der Waals surface area contributed by atoms with Crippen LogP contribution in [0.25, 0.3) is 0 Å². The molecular weight excluding hydrogens is 542 g/mol. The highest BCUT2D eigenvalue weighted by Crippen LogP contribution is 2.24. The molecule has 0 spiro atoms. The number of carboxylic acid groups (broad SMARTS) is 2. The molecule has 2 heterocycles. The van der Waals surface area contributed by atoms with Crippen molar-refractivity contribution in [3.8, 4) is 0 Å². The van der Waals surface area contributed by atoms with Crippen LogP contribution in [0.3, 0.4) is 0 Å². The SMILES string of the molecule is Br.NC(=N[N+](=O)[O-])Nc1ccc(CC[C@H](N[C@H]2CCCN3CCC[C@@H](C(=O)O)N3C2=O)C(=O)O)cc1. The molecule has 3 atom stereocenters. The van der Waals surface area contributed by atoms with Crippen molar-refractivity contribution >= 4 is 46.5 Å². The van der Waals surface area contributed by atoms with Gasteiger partial charge >= 0.3 is 11.9 Å². The van der Waals surface area contributed by atoms with E-state index in [4.69, 9.17) is 5.73 Å². The van der Waals surface area contributed by atoms with E-state index in [2.05, 4.69) is 15.7 Å². The van der Waals surface area contributed by atoms with Crippen molar-refractivity contribution in [3.63, 3.8) is 0 Å². The number of hydrogen-bond acceptors (Lipinski definition) is 7. The molecule has 0 aliphatic carbocycles. The third-order valence-electron chi connectivity index (χ3n) is 6.05. The van der Waals surface area contributed by atoms with Crippen LogP contribution >= 0.6 is 17.0 Å². The van der Waals surface area contributed by atoms with Crippen molar-refractivity contribution in [2.45, 2.75) is 56.7 Å². The zero-order chi connectivity index (χ0) is 25.5. The van der Waals surface area contributed by atoms with Crippen LogP contribution in [-0.4, -0.2) is 80.3 Å². The lowest BCUT2D eigenvalue weighted by molar-refractivity contribution is -0.485. The summed E-state index contributed by atoms with van der Waals surface area (Å²) >= 11 is 0. The van der Waals surface area contributed by atoms with Crippen LogP contribution in [0.2, 0.25) is 0 Å². The number of carbonyl (C=O) groups is 3. The summed E-state index contributed by atoms with van der Waals surface area (Å²) in [5.41, 5.74) is 6.70. The van der Waals surface area contributed by atoms with Crippen molar-refractivity contribution in [1.82, 2.24) is 15.3 Å². The summed E-state index contributed by atoms with van der Waals surface area (Å²) in [7, 11) is 0. The summed E-state index contributed by atoms with van der Waals surface area (Å²) in [6.07, 6.45) is 2.67. The number of nitro groups is 1. The predicted octanol–water partition coefficient (Wildman–Crippen LogP) is 0.613. The van der Waals surface area contributed by atoms with Gasteiger partial charge in [0.05, 0.1) is 6.04 Å². The molecule has 15 heteroatoms. The molecule has 1 aromatic rings. The molecule has 2 aliphatic heterocycles. The van der Waals surface area contributed by atoms with Gasteiger partial charge in [0.15, 0.2) is 5.03 Å². The Labute approximate surface area is 217 Å². The number of halogens is 1. The van der Waals surface area contributed by atoms with Crippen LogP contribution in [0.15, 0.2) is 29.4 Å².